The predicted octanol–water partition coefficient (Wildman–Crippen LogP) is 0.487. The Morgan fingerprint density at radius 2 is 1.04 bits per heavy atom. The van der Waals surface area contributed by atoms with Gasteiger partial charge in [0.15, 0.2) is 10.3 Å². The van der Waals surface area contributed by atoms with E-state index >= 15 is 0 Å². The molecule has 4 N–H and O–H groups in total. The fourth-order valence-electron chi connectivity index (χ4n) is 1.78. The maximum Gasteiger partial charge on any atom is 2.00 e. The Hall–Kier alpha value is -2.72. The fourth-order valence-corrected chi connectivity index (χ4v) is 3.25. The molecule has 0 aliphatic heterocycles. The minimum absolute atomic E-state index is 0. The maximum atomic E-state index is 8.25. The van der Waals surface area contributed by atoms with Crippen LogP contribution in [0.3, 0.4) is 0 Å². The van der Waals surface area contributed by atoms with Gasteiger partial charge in [0.05, 0.1) is 20.4 Å². The van der Waals surface area contributed by atoms with Crippen LogP contribution in [0.1, 0.15) is 0 Å². The average Bonchev–Trinajstić information content (AvgIpc) is 3.17. The van der Waals surface area contributed by atoms with Crippen molar-refractivity contribution in [1.82, 2.24) is 9.97 Å². The number of thiazole rings is 2. The molecule has 0 unspecified atom stereocenters. The summed E-state index contributed by atoms with van der Waals surface area (Å²) in [6.45, 7) is -1.00. The molecule has 1 radical (unpaired) electrons. The molecule has 0 amide bonds. The SMILES string of the molecule is Nc1nc2ccccc2s1.Nc1nc2ccccc2s1.O=C[O-].O=C[O-].[Cu+2]. The zero-order valence-corrected chi connectivity index (χ0v) is 16.1. The van der Waals surface area contributed by atoms with Gasteiger partial charge in [-0.3, -0.25) is 0 Å². The molecular weight excluding hydrogens is 440 g/mol. The zero-order chi connectivity index (χ0) is 19.4. The molecule has 11 heteroatoms. The van der Waals surface area contributed by atoms with Crippen molar-refractivity contribution in [2.24, 2.45) is 0 Å². The van der Waals surface area contributed by atoms with Crippen molar-refractivity contribution in [2.75, 3.05) is 11.5 Å². The molecular formula is C16H14CuN4O4S2. The van der Waals surface area contributed by atoms with Crippen LogP contribution in [0.2, 0.25) is 0 Å². The molecule has 4 aromatic rings. The first-order valence-electron chi connectivity index (χ1n) is 6.89. The second kappa shape index (κ2) is 13.5. The smallest absolute Gasteiger partial charge is 0.554 e. The van der Waals surface area contributed by atoms with Gasteiger partial charge in [-0.15, -0.1) is 0 Å². The van der Waals surface area contributed by atoms with E-state index in [1.54, 1.807) is 0 Å². The summed E-state index contributed by atoms with van der Waals surface area (Å²) < 4.78 is 2.31. The Morgan fingerprint density at radius 1 is 0.741 bits per heavy atom. The van der Waals surface area contributed by atoms with E-state index < -0.39 is 12.9 Å². The van der Waals surface area contributed by atoms with Gasteiger partial charge in [0.2, 0.25) is 0 Å². The number of para-hydroxylation sites is 2. The molecule has 2 aromatic heterocycles. The predicted molar refractivity (Wildman–Crippen MR) is 100 cm³/mol. The van der Waals surface area contributed by atoms with Gasteiger partial charge in [-0.05, 0) is 24.3 Å². The Balaban J connectivity index is 0.000000380. The molecule has 2 aromatic carbocycles. The van der Waals surface area contributed by atoms with E-state index in [9.17, 15) is 0 Å². The number of anilines is 2. The third-order valence-corrected chi connectivity index (χ3v) is 4.35. The van der Waals surface area contributed by atoms with Crippen LogP contribution in [0.5, 0.6) is 0 Å². The first-order valence-corrected chi connectivity index (χ1v) is 8.52. The second-order valence-corrected chi connectivity index (χ2v) is 6.36. The number of rotatable bonds is 0. The van der Waals surface area contributed by atoms with Gasteiger partial charge >= 0.3 is 17.1 Å². The molecule has 0 fully saturated rings. The van der Waals surface area contributed by atoms with Crippen molar-refractivity contribution < 1.29 is 36.9 Å². The standard InChI is InChI=1S/2C7H6N2S.2CH2O2.Cu/c2*8-7-9-5-3-1-2-4-6(5)10-7;2*2-1-3;/h2*1-4H,(H2,8,9);2*1H,(H,2,3);/q;;;;+2/p-2. The van der Waals surface area contributed by atoms with Crippen molar-refractivity contribution in [1.29, 1.82) is 0 Å². The van der Waals surface area contributed by atoms with Gasteiger partial charge in [0.25, 0.3) is 0 Å². The maximum absolute atomic E-state index is 8.25. The number of nitrogen functional groups attached to an aromatic ring is 2. The molecule has 0 spiro atoms. The van der Waals surface area contributed by atoms with Crippen LogP contribution in [0.4, 0.5) is 10.3 Å². The van der Waals surface area contributed by atoms with E-state index in [2.05, 4.69) is 9.97 Å². The average molecular weight is 454 g/mol. The number of nitrogens with zero attached hydrogens (tertiary/aromatic N) is 2. The van der Waals surface area contributed by atoms with Gasteiger partial charge in [-0.25, -0.2) is 9.97 Å². The summed E-state index contributed by atoms with van der Waals surface area (Å²) in [5.74, 6) is 0. The quantitative estimate of drug-likeness (QED) is 0.287. The van der Waals surface area contributed by atoms with E-state index in [-0.39, 0.29) is 17.1 Å². The van der Waals surface area contributed by atoms with Crippen LogP contribution in [-0.4, -0.2) is 22.9 Å². The molecule has 0 atom stereocenters. The van der Waals surface area contributed by atoms with Crippen molar-refractivity contribution in [2.45, 2.75) is 0 Å². The molecule has 2 heterocycles. The number of fused-ring (bicyclic) bond motifs is 2. The van der Waals surface area contributed by atoms with Crippen LogP contribution in [0.25, 0.3) is 20.4 Å². The third-order valence-electron chi connectivity index (χ3n) is 2.62. The number of nitrogens with two attached hydrogens (primary N) is 2. The summed E-state index contributed by atoms with van der Waals surface area (Å²) >= 11 is 3.04. The number of carboxylic acid groups (broad SMARTS) is 2. The summed E-state index contributed by atoms with van der Waals surface area (Å²) in [6.07, 6.45) is 0. The van der Waals surface area contributed by atoms with Gasteiger partial charge < -0.3 is 31.3 Å². The first kappa shape index (κ1) is 24.3. The van der Waals surface area contributed by atoms with Crippen molar-refractivity contribution in [3.8, 4) is 0 Å². The Bertz CT molecular complexity index is 818. The third kappa shape index (κ3) is 8.47. The molecule has 145 valence electrons. The molecule has 4 rings (SSSR count). The number of hydrogen-bond acceptors (Lipinski definition) is 10. The van der Waals surface area contributed by atoms with Crippen LogP contribution in [0, 0.1) is 0 Å². The summed E-state index contributed by atoms with van der Waals surface area (Å²) in [5, 5.41) is 17.8. The van der Waals surface area contributed by atoms with Crippen LogP contribution < -0.4 is 21.7 Å². The minimum atomic E-state index is -0.500. The van der Waals surface area contributed by atoms with E-state index in [1.807, 2.05) is 48.5 Å². The zero-order valence-electron chi connectivity index (χ0n) is 13.6. The second-order valence-electron chi connectivity index (χ2n) is 4.23. The number of benzene rings is 2. The van der Waals surface area contributed by atoms with E-state index in [0.29, 0.717) is 10.3 Å². The summed E-state index contributed by atoms with van der Waals surface area (Å²) in [5.41, 5.74) is 13.0. The topological polar surface area (TPSA) is 158 Å². The Morgan fingerprint density at radius 3 is 1.33 bits per heavy atom. The summed E-state index contributed by atoms with van der Waals surface area (Å²) in [7, 11) is 0. The van der Waals surface area contributed by atoms with E-state index in [1.165, 1.54) is 22.7 Å². The number of carbonyl (C=O) groups excluding carboxylic acids is 2. The van der Waals surface area contributed by atoms with E-state index in [0.717, 1.165) is 20.4 Å². The summed E-state index contributed by atoms with van der Waals surface area (Å²) in [4.78, 5) is 24.7. The molecule has 27 heavy (non-hydrogen) atoms. The molecule has 0 aliphatic carbocycles. The van der Waals surface area contributed by atoms with Crippen molar-refractivity contribution in [3.63, 3.8) is 0 Å². The molecule has 0 bridgehead atoms. The van der Waals surface area contributed by atoms with Crippen LogP contribution in [-0.2, 0) is 26.7 Å². The van der Waals surface area contributed by atoms with Gasteiger partial charge in [0.1, 0.15) is 0 Å². The fraction of sp³-hybridized carbons (Fsp3) is 0. The van der Waals surface area contributed by atoms with Gasteiger partial charge in [-0.2, -0.15) is 0 Å². The summed E-state index contributed by atoms with van der Waals surface area (Å²) in [6, 6.07) is 15.8. The Labute approximate surface area is 173 Å². The van der Waals surface area contributed by atoms with Crippen LogP contribution in [0.15, 0.2) is 48.5 Å². The normalized spacial score (nSPS) is 8.59. The van der Waals surface area contributed by atoms with Gasteiger partial charge in [-0.1, -0.05) is 46.9 Å². The molecule has 0 saturated heterocycles. The first-order chi connectivity index (χ1) is 12.5. The van der Waals surface area contributed by atoms with Crippen LogP contribution >= 0.6 is 22.7 Å². The molecule has 0 saturated carbocycles. The minimum Gasteiger partial charge on any atom is -0.554 e. The van der Waals surface area contributed by atoms with Crippen molar-refractivity contribution in [3.05, 3.63) is 48.5 Å². The Kier molecular flexibility index (Phi) is 12.1. The number of carbonyl (C=O) groups is 2. The van der Waals surface area contributed by atoms with Gasteiger partial charge in [0, 0.05) is 12.9 Å². The monoisotopic (exact) mass is 453 g/mol. The van der Waals surface area contributed by atoms with Crippen molar-refractivity contribution >= 4 is 66.3 Å². The molecule has 0 aliphatic rings. The number of hydrogen-bond donors (Lipinski definition) is 2. The van der Waals surface area contributed by atoms with E-state index in [4.69, 9.17) is 31.3 Å². The largest absolute Gasteiger partial charge is 2.00 e. The molecule has 8 nitrogen and oxygen atoms in total. The number of aromatic nitrogens is 2.